The van der Waals surface area contributed by atoms with E-state index >= 15 is 0 Å². The van der Waals surface area contributed by atoms with E-state index in [1.165, 1.54) is 26.3 Å². The monoisotopic (exact) mass is 711 g/mol. The summed E-state index contributed by atoms with van der Waals surface area (Å²) in [7, 11) is -5.39. The van der Waals surface area contributed by atoms with Gasteiger partial charge in [-0.1, -0.05) is 193 Å². The van der Waals surface area contributed by atoms with Crippen LogP contribution in [0.15, 0.2) is 152 Å². The van der Waals surface area contributed by atoms with E-state index in [2.05, 4.69) is 205 Å². The number of hydrogen-bond acceptors (Lipinski definition) is 3. The maximum atomic E-state index is 7.62. The van der Waals surface area contributed by atoms with Crippen LogP contribution in [0.3, 0.4) is 0 Å². The molecule has 1 aliphatic heterocycles. The molecule has 0 radical (unpaired) electrons. The van der Waals surface area contributed by atoms with Crippen molar-refractivity contribution in [1.29, 1.82) is 0 Å². The van der Waals surface area contributed by atoms with Crippen molar-refractivity contribution in [2.24, 2.45) is 0 Å². The quantitative estimate of drug-likeness (QED) is 0.121. The summed E-state index contributed by atoms with van der Waals surface area (Å²) in [5.41, 5.74) is 1.34. The highest BCUT2D eigenvalue weighted by atomic mass is 28.4. The summed E-state index contributed by atoms with van der Waals surface area (Å²) in [6, 6.07) is 56.0. The fraction of sp³-hybridized carbons (Fsp3) is 0.348. The lowest BCUT2D eigenvalue weighted by atomic mass is 10.1. The Morgan fingerprint density at radius 3 is 1.04 bits per heavy atom. The average Bonchev–Trinajstić information content (AvgIpc) is 3.55. The Labute approximate surface area is 309 Å². The van der Waals surface area contributed by atoms with Gasteiger partial charge in [0.05, 0.1) is 13.2 Å². The van der Waals surface area contributed by atoms with Crippen LogP contribution in [-0.2, 0) is 8.85 Å². The average molecular weight is 712 g/mol. The van der Waals surface area contributed by atoms with Crippen molar-refractivity contribution in [2.45, 2.75) is 89.5 Å². The van der Waals surface area contributed by atoms with Gasteiger partial charge in [-0.15, -0.1) is 0 Å². The molecule has 5 aromatic carbocycles. The molecule has 266 valence electrons. The van der Waals surface area contributed by atoms with Crippen molar-refractivity contribution in [3.05, 3.63) is 157 Å². The van der Waals surface area contributed by atoms with E-state index in [0.717, 1.165) is 12.8 Å². The van der Waals surface area contributed by atoms with Crippen LogP contribution in [0.5, 0.6) is 0 Å². The van der Waals surface area contributed by atoms with E-state index in [9.17, 15) is 0 Å². The smallest absolute Gasteiger partial charge is 0.261 e. The first kappa shape index (κ1) is 37.2. The van der Waals surface area contributed by atoms with Crippen LogP contribution in [-0.4, -0.2) is 46.8 Å². The molecule has 0 unspecified atom stereocenters. The van der Waals surface area contributed by atoms with Gasteiger partial charge in [-0.05, 0) is 56.2 Å². The minimum Gasteiger partial charge on any atom is -0.406 e. The Bertz CT molecular complexity index is 1600. The molecule has 0 aliphatic carbocycles. The van der Waals surface area contributed by atoms with Gasteiger partial charge < -0.3 is 8.85 Å². The van der Waals surface area contributed by atoms with Crippen LogP contribution in [0.2, 0.25) is 10.1 Å². The van der Waals surface area contributed by atoms with Crippen molar-refractivity contribution in [3.8, 4) is 0 Å². The van der Waals surface area contributed by atoms with Crippen LogP contribution in [0.1, 0.15) is 72.9 Å². The minimum absolute atomic E-state index is 0.0734. The SMILES string of the molecule is C[C@@H](c1ccccc1)N1[C@@H](CO[Si](c2ccccc2)(c2ccccc2)C(C)(C)C)CC[C@@H]1CO[Si](c1ccccc1)(c1ccccc1)C(C)(C)C. The summed E-state index contributed by atoms with van der Waals surface area (Å²) < 4.78 is 15.2. The van der Waals surface area contributed by atoms with Gasteiger partial charge in [0.15, 0.2) is 0 Å². The molecule has 0 saturated carbocycles. The van der Waals surface area contributed by atoms with E-state index in [0.29, 0.717) is 13.2 Å². The van der Waals surface area contributed by atoms with Gasteiger partial charge in [0.1, 0.15) is 0 Å². The second kappa shape index (κ2) is 15.6. The van der Waals surface area contributed by atoms with Crippen LogP contribution in [0.4, 0.5) is 0 Å². The van der Waals surface area contributed by atoms with Crippen molar-refractivity contribution in [3.63, 3.8) is 0 Å². The molecule has 1 fully saturated rings. The molecule has 1 heterocycles. The molecule has 6 rings (SSSR count). The highest BCUT2D eigenvalue weighted by Crippen LogP contribution is 2.41. The van der Waals surface area contributed by atoms with Gasteiger partial charge in [0.25, 0.3) is 16.6 Å². The highest BCUT2D eigenvalue weighted by molar-refractivity contribution is 7.00. The van der Waals surface area contributed by atoms with Gasteiger partial charge in [-0.3, -0.25) is 4.90 Å². The molecular formula is C46H57NO2Si2. The Morgan fingerprint density at radius 2 is 0.765 bits per heavy atom. The fourth-order valence-electron chi connectivity index (χ4n) is 8.82. The van der Waals surface area contributed by atoms with Crippen LogP contribution >= 0.6 is 0 Å². The summed E-state index contributed by atoms with van der Waals surface area (Å²) >= 11 is 0. The standard InChI is InChI=1S/C46H57NO2Si2/c1-37(38-23-13-8-14-24-38)47-39(35-48-50(45(2,3)4,41-25-15-9-16-26-41)42-27-17-10-18-28-42)33-34-40(47)36-49-51(46(5,6)7,43-29-19-11-20-30-43)44-31-21-12-22-32-44/h8-32,37,39-40H,33-36H2,1-7H3/t37-,39+,40+/m0/s1. The Kier molecular flexibility index (Phi) is 11.3. The Hall–Kier alpha value is -3.59. The number of hydrogen-bond donors (Lipinski definition) is 0. The summed E-state index contributed by atoms with van der Waals surface area (Å²) in [4.78, 5) is 2.75. The molecule has 1 saturated heterocycles. The van der Waals surface area contributed by atoms with Crippen LogP contribution in [0.25, 0.3) is 0 Å². The lowest BCUT2D eigenvalue weighted by Crippen LogP contribution is -2.67. The first-order valence-electron chi connectivity index (χ1n) is 18.8. The fourth-order valence-corrected chi connectivity index (χ4v) is 18.0. The van der Waals surface area contributed by atoms with E-state index < -0.39 is 16.6 Å². The number of rotatable bonds is 12. The van der Waals surface area contributed by atoms with Crippen molar-refractivity contribution >= 4 is 37.4 Å². The number of benzene rings is 5. The molecule has 51 heavy (non-hydrogen) atoms. The zero-order valence-corrected chi connectivity index (χ0v) is 33.8. The predicted octanol–water partition coefficient (Wildman–Crippen LogP) is 8.73. The van der Waals surface area contributed by atoms with Gasteiger partial charge in [0.2, 0.25) is 0 Å². The molecular weight excluding hydrogens is 655 g/mol. The maximum Gasteiger partial charge on any atom is 0.261 e. The second-order valence-corrected chi connectivity index (χ2v) is 25.0. The molecule has 0 N–H and O–H groups in total. The normalized spacial score (nSPS) is 18.1. The van der Waals surface area contributed by atoms with E-state index in [1.54, 1.807) is 0 Å². The molecule has 0 bridgehead atoms. The minimum atomic E-state index is -2.70. The van der Waals surface area contributed by atoms with Crippen LogP contribution in [0, 0.1) is 0 Å². The molecule has 1 aliphatic rings. The third kappa shape index (κ3) is 7.38. The molecule has 5 aromatic rings. The zero-order chi connectivity index (χ0) is 36.1. The van der Waals surface area contributed by atoms with Gasteiger partial charge in [0, 0.05) is 18.1 Å². The lowest BCUT2D eigenvalue weighted by Gasteiger charge is -2.46. The Balaban J connectivity index is 1.37. The van der Waals surface area contributed by atoms with Gasteiger partial charge >= 0.3 is 0 Å². The summed E-state index contributed by atoms with van der Waals surface area (Å²) in [6.45, 7) is 18.0. The zero-order valence-electron chi connectivity index (χ0n) is 31.8. The third-order valence-electron chi connectivity index (χ3n) is 11.2. The van der Waals surface area contributed by atoms with Gasteiger partial charge in [-0.25, -0.2) is 0 Å². The predicted molar refractivity (Wildman–Crippen MR) is 221 cm³/mol. The first-order valence-corrected chi connectivity index (χ1v) is 22.6. The topological polar surface area (TPSA) is 21.7 Å². The van der Waals surface area contributed by atoms with Crippen molar-refractivity contribution in [1.82, 2.24) is 4.90 Å². The largest absolute Gasteiger partial charge is 0.406 e. The molecule has 5 heteroatoms. The highest BCUT2D eigenvalue weighted by Gasteiger charge is 2.53. The molecule has 0 amide bonds. The van der Waals surface area contributed by atoms with E-state index in [4.69, 9.17) is 8.85 Å². The summed E-state index contributed by atoms with van der Waals surface area (Å²) in [6.07, 6.45) is 2.15. The summed E-state index contributed by atoms with van der Waals surface area (Å²) in [5.74, 6) is 0. The molecule has 3 atom stereocenters. The first-order chi connectivity index (χ1) is 24.5. The lowest BCUT2D eigenvalue weighted by molar-refractivity contribution is 0.0711. The van der Waals surface area contributed by atoms with Crippen LogP contribution < -0.4 is 20.7 Å². The van der Waals surface area contributed by atoms with E-state index in [1.807, 2.05) is 0 Å². The maximum absolute atomic E-state index is 7.62. The second-order valence-electron chi connectivity index (χ2n) is 16.4. The van der Waals surface area contributed by atoms with E-state index in [-0.39, 0.29) is 28.2 Å². The molecule has 0 aromatic heterocycles. The van der Waals surface area contributed by atoms with Gasteiger partial charge in [-0.2, -0.15) is 0 Å². The Morgan fingerprint density at radius 1 is 0.490 bits per heavy atom. The molecule has 3 nitrogen and oxygen atoms in total. The van der Waals surface area contributed by atoms with Crippen molar-refractivity contribution in [2.75, 3.05) is 13.2 Å². The third-order valence-corrected chi connectivity index (χ3v) is 21.2. The summed E-state index contributed by atoms with van der Waals surface area (Å²) in [5, 5.41) is 5.17. The molecule has 0 spiro atoms. The number of nitrogens with zero attached hydrogens (tertiary/aromatic N) is 1. The van der Waals surface area contributed by atoms with Crippen molar-refractivity contribution < 1.29 is 8.85 Å². The number of likely N-dealkylation sites (tertiary alicyclic amines) is 1.